The first kappa shape index (κ1) is 18.8. The van der Waals surface area contributed by atoms with E-state index in [1.54, 1.807) is 24.1 Å². The number of aromatic nitrogens is 3. The minimum atomic E-state index is -0.167. The summed E-state index contributed by atoms with van der Waals surface area (Å²) in [6.45, 7) is 5.70. The van der Waals surface area contributed by atoms with Crippen LogP contribution in [0.2, 0.25) is 5.15 Å². The van der Waals surface area contributed by atoms with Gasteiger partial charge in [-0.1, -0.05) is 41.9 Å². The number of halogens is 1. The SMILES string of the molecule is C=N/C(N[C@@H](C)c1cc2ncc(Cl)n2nc1-c1ccccc1)=C1/N=CN/C1=N/C. The second-order valence-corrected chi connectivity index (χ2v) is 6.75. The highest BCUT2D eigenvalue weighted by Gasteiger charge is 2.21. The first-order valence-corrected chi connectivity index (χ1v) is 9.33. The van der Waals surface area contributed by atoms with Crippen LogP contribution in [0.15, 0.2) is 69.1 Å². The highest BCUT2D eigenvalue weighted by Crippen LogP contribution is 2.29. The maximum atomic E-state index is 6.24. The Kier molecular flexibility index (Phi) is 5.09. The van der Waals surface area contributed by atoms with Crippen LogP contribution in [0.5, 0.6) is 0 Å². The maximum absolute atomic E-state index is 6.24. The summed E-state index contributed by atoms with van der Waals surface area (Å²) >= 11 is 6.24. The number of amidine groups is 1. The van der Waals surface area contributed by atoms with Crippen molar-refractivity contribution in [3.63, 3.8) is 0 Å². The molecule has 3 heterocycles. The molecule has 0 aliphatic carbocycles. The highest BCUT2D eigenvalue weighted by atomic mass is 35.5. The van der Waals surface area contributed by atoms with Crippen LogP contribution in [0.4, 0.5) is 0 Å². The van der Waals surface area contributed by atoms with Gasteiger partial charge in [-0.3, -0.25) is 4.99 Å². The third kappa shape index (κ3) is 3.50. The molecule has 1 aliphatic heterocycles. The van der Waals surface area contributed by atoms with Crippen molar-refractivity contribution in [3.8, 4) is 11.3 Å². The lowest BCUT2D eigenvalue weighted by molar-refractivity contribution is 0.641. The molecule has 2 N–H and O–H groups in total. The lowest BCUT2D eigenvalue weighted by atomic mass is 10.0. The molecule has 0 amide bonds. The van der Waals surface area contributed by atoms with Crippen LogP contribution in [-0.2, 0) is 0 Å². The second kappa shape index (κ2) is 7.84. The molecule has 146 valence electrons. The molecule has 0 spiro atoms. The Morgan fingerprint density at radius 1 is 1.31 bits per heavy atom. The summed E-state index contributed by atoms with van der Waals surface area (Å²) < 4.78 is 1.62. The molecule has 0 unspecified atom stereocenters. The first-order valence-electron chi connectivity index (χ1n) is 8.95. The predicted octanol–water partition coefficient (Wildman–Crippen LogP) is 3.23. The highest BCUT2D eigenvalue weighted by molar-refractivity contribution is 6.29. The van der Waals surface area contributed by atoms with E-state index in [0.29, 0.717) is 28.2 Å². The second-order valence-electron chi connectivity index (χ2n) is 6.36. The van der Waals surface area contributed by atoms with Gasteiger partial charge in [0, 0.05) is 18.2 Å². The molecule has 0 bridgehead atoms. The van der Waals surface area contributed by atoms with Gasteiger partial charge in [-0.25, -0.2) is 19.5 Å². The van der Waals surface area contributed by atoms with E-state index >= 15 is 0 Å². The van der Waals surface area contributed by atoms with E-state index in [2.05, 4.69) is 37.3 Å². The van der Waals surface area contributed by atoms with Crippen LogP contribution in [0.1, 0.15) is 18.5 Å². The molecule has 1 atom stereocenters. The Hall–Kier alpha value is -3.52. The predicted molar refractivity (Wildman–Crippen MR) is 117 cm³/mol. The Bertz CT molecular complexity index is 1160. The molecular formula is C20H19ClN8. The van der Waals surface area contributed by atoms with Gasteiger partial charge in [-0.15, -0.1) is 0 Å². The molecule has 0 radical (unpaired) electrons. The minimum absolute atomic E-state index is 0.167. The molecule has 1 aromatic carbocycles. The van der Waals surface area contributed by atoms with E-state index in [0.717, 1.165) is 16.8 Å². The van der Waals surface area contributed by atoms with Crippen molar-refractivity contribution in [1.29, 1.82) is 0 Å². The zero-order valence-corrected chi connectivity index (χ0v) is 16.7. The van der Waals surface area contributed by atoms with Crippen molar-refractivity contribution >= 4 is 36.1 Å². The number of nitrogens with one attached hydrogen (secondary N) is 2. The largest absolute Gasteiger partial charge is 0.362 e. The number of rotatable bonds is 5. The summed E-state index contributed by atoms with van der Waals surface area (Å²) in [5, 5.41) is 11.6. The Balaban J connectivity index is 1.81. The number of hydrogen-bond acceptors (Lipinski definition) is 6. The van der Waals surface area contributed by atoms with E-state index < -0.39 is 0 Å². The first-order chi connectivity index (χ1) is 14.1. The molecule has 1 aliphatic rings. The van der Waals surface area contributed by atoms with E-state index in [9.17, 15) is 0 Å². The molecule has 9 heteroatoms. The number of aliphatic imine (C=N–C) groups is 3. The van der Waals surface area contributed by atoms with Gasteiger partial charge in [-0.05, 0) is 19.7 Å². The number of imidazole rings is 1. The maximum Gasteiger partial charge on any atom is 0.156 e. The normalized spacial score (nSPS) is 17.4. The fourth-order valence-corrected chi connectivity index (χ4v) is 3.33. The molecule has 0 saturated carbocycles. The third-order valence-corrected chi connectivity index (χ3v) is 4.83. The zero-order chi connectivity index (χ0) is 20.4. The smallest absolute Gasteiger partial charge is 0.156 e. The molecular weight excluding hydrogens is 388 g/mol. The monoisotopic (exact) mass is 406 g/mol. The van der Waals surface area contributed by atoms with Gasteiger partial charge in [0.15, 0.2) is 22.5 Å². The summed E-state index contributed by atoms with van der Waals surface area (Å²) in [5.74, 6) is 1.16. The van der Waals surface area contributed by atoms with Crippen LogP contribution in [0.25, 0.3) is 16.9 Å². The fourth-order valence-electron chi connectivity index (χ4n) is 3.15. The fraction of sp³-hybridized carbons (Fsp3) is 0.150. The summed E-state index contributed by atoms with van der Waals surface area (Å²) in [4.78, 5) is 17.0. The van der Waals surface area contributed by atoms with Gasteiger partial charge in [0.2, 0.25) is 0 Å². The zero-order valence-electron chi connectivity index (χ0n) is 16.0. The third-order valence-electron chi connectivity index (χ3n) is 4.57. The standard InChI is InChI=1S/C20H19ClN8/c1-12(27-20(23-3)18-19(22-2)26-11-25-18)14-9-16-24-10-15(21)29(16)28-17(14)13-7-5-4-6-8-13/h4-12,27H,3H2,1-2H3,(H,22,25,26)/b20-18-/t12-/m0/s1. The van der Waals surface area contributed by atoms with Crippen molar-refractivity contribution in [2.45, 2.75) is 13.0 Å². The van der Waals surface area contributed by atoms with Crippen LogP contribution in [-0.4, -0.2) is 40.5 Å². The average Bonchev–Trinajstić information content (AvgIpc) is 3.38. The summed E-state index contributed by atoms with van der Waals surface area (Å²) in [6, 6.07) is 11.7. The molecule has 0 fully saturated rings. The van der Waals surface area contributed by atoms with E-state index in [4.69, 9.17) is 16.7 Å². The Morgan fingerprint density at radius 3 is 2.83 bits per heavy atom. The van der Waals surface area contributed by atoms with Gasteiger partial charge < -0.3 is 10.6 Å². The Labute approximate surface area is 172 Å². The minimum Gasteiger partial charge on any atom is -0.362 e. The van der Waals surface area contributed by atoms with Gasteiger partial charge >= 0.3 is 0 Å². The van der Waals surface area contributed by atoms with Crippen LogP contribution >= 0.6 is 11.6 Å². The number of nitrogens with zero attached hydrogens (tertiary/aromatic N) is 6. The summed E-state index contributed by atoms with van der Waals surface area (Å²) in [6.07, 6.45) is 3.16. The topological polar surface area (TPSA) is 91.3 Å². The van der Waals surface area contributed by atoms with Gasteiger partial charge in [0.1, 0.15) is 5.70 Å². The van der Waals surface area contributed by atoms with Gasteiger partial charge in [0.25, 0.3) is 0 Å². The number of fused-ring (bicyclic) bond motifs is 1. The van der Waals surface area contributed by atoms with Gasteiger partial charge in [-0.2, -0.15) is 5.10 Å². The van der Waals surface area contributed by atoms with Crippen LogP contribution < -0.4 is 10.6 Å². The van der Waals surface area contributed by atoms with Crippen molar-refractivity contribution in [2.75, 3.05) is 7.05 Å². The van der Waals surface area contributed by atoms with Gasteiger partial charge in [0.05, 0.1) is 24.3 Å². The lowest BCUT2D eigenvalue weighted by Crippen LogP contribution is -2.23. The van der Waals surface area contributed by atoms with Crippen molar-refractivity contribution < 1.29 is 0 Å². The molecule has 29 heavy (non-hydrogen) atoms. The van der Waals surface area contributed by atoms with Crippen LogP contribution in [0.3, 0.4) is 0 Å². The Morgan fingerprint density at radius 2 is 2.10 bits per heavy atom. The molecule has 4 rings (SSSR count). The molecule has 2 aromatic heterocycles. The lowest BCUT2D eigenvalue weighted by Gasteiger charge is -2.19. The number of hydrogen-bond donors (Lipinski definition) is 2. The molecule has 8 nitrogen and oxygen atoms in total. The quantitative estimate of drug-likeness (QED) is 0.636. The van der Waals surface area contributed by atoms with E-state index in [1.165, 1.54) is 0 Å². The van der Waals surface area contributed by atoms with Crippen molar-refractivity contribution in [2.24, 2.45) is 15.0 Å². The van der Waals surface area contributed by atoms with E-state index in [-0.39, 0.29) is 6.04 Å². The molecule has 0 saturated heterocycles. The average molecular weight is 407 g/mol. The number of benzene rings is 1. The summed E-state index contributed by atoms with van der Waals surface area (Å²) in [7, 11) is 1.69. The van der Waals surface area contributed by atoms with Crippen LogP contribution in [0, 0.1) is 0 Å². The summed E-state index contributed by atoms with van der Waals surface area (Å²) in [5.41, 5.74) is 3.98. The van der Waals surface area contributed by atoms with Crippen molar-refractivity contribution in [3.05, 3.63) is 64.8 Å². The molecule has 3 aromatic rings. The van der Waals surface area contributed by atoms with E-state index in [1.807, 2.05) is 43.3 Å². The van der Waals surface area contributed by atoms with Crippen molar-refractivity contribution in [1.82, 2.24) is 25.2 Å².